The average molecular weight is 196 g/mol. The Morgan fingerprint density at radius 3 is 2.15 bits per heavy atom. The molecule has 4 atom stereocenters. The molecule has 0 radical (unpaired) electrons. The van der Waals surface area contributed by atoms with Crippen LogP contribution in [0, 0.1) is 23.7 Å². The lowest BCUT2D eigenvalue weighted by molar-refractivity contribution is -0.313. The molecular formula is C9H8O3S-2. The van der Waals surface area contributed by atoms with Gasteiger partial charge in [-0.05, 0) is 18.3 Å². The lowest BCUT2D eigenvalue weighted by atomic mass is 9.84. The van der Waals surface area contributed by atoms with Gasteiger partial charge in [-0.2, -0.15) is 0 Å². The summed E-state index contributed by atoms with van der Waals surface area (Å²) in [6.07, 6.45) is 4.50. The summed E-state index contributed by atoms with van der Waals surface area (Å²) in [5.41, 5.74) is 0. The van der Waals surface area contributed by atoms with Gasteiger partial charge in [-0.3, -0.25) is 0 Å². The van der Waals surface area contributed by atoms with Gasteiger partial charge < -0.3 is 27.3 Å². The van der Waals surface area contributed by atoms with Crippen molar-refractivity contribution in [3.05, 3.63) is 12.2 Å². The Bertz CT molecular complexity index is 269. The molecule has 1 saturated carbocycles. The summed E-state index contributed by atoms with van der Waals surface area (Å²) in [5, 5.41) is 10.3. The molecule has 0 spiro atoms. The van der Waals surface area contributed by atoms with E-state index in [1.54, 1.807) is 0 Å². The monoisotopic (exact) mass is 196 g/mol. The second kappa shape index (κ2) is 2.80. The third-order valence-corrected chi connectivity index (χ3v) is 3.28. The van der Waals surface area contributed by atoms with Crippen LogP contribution in [0.5, 0.6) is 0 Å². The molecule has 0 aromatic rings. The maximum atomic E-state index is 11.0. The van der Waals surface area contributed by atoms with Crippen LogP contribution < -0.4 is 5.11 Å². The largest absolute Gasteiger partial charge is 0.742 e. The quantitative estimate of drug-likeness (QED) is 0.430. The van der Waals surface area contributed by atoms with E-state index in [1.165, 1.54) is 0 Å². The summed E-state index contributed by atoms with van der Waals surface area (Å²) in [7, 11) is 0. The minimum Gasteiger partial charge on any atom is -0.742 e. The molecule has 2 rings (SSSR count). The zero-order chi connectivity index (χ0) is 9.59. The van der Waals surface area contributed by atoms with E-state index in [0.717, 1.165) is 6.42 Å². The molecule has 0 unspecified atom stereocenters. The number of hydrogen-bond donors (Lipinski definition) is 0. The van der Waals surface area contributed by atoms with Gasteiger partial charge in [0.05, 0.1) is 0 Å². The Labute approximate surface area is 81.2 Å². The van der Waals surface area contributed by atoms with Crippen molar-refractivity contribution in [3.8, 4) is 0 Å². The molecule has 0 saturated heterocycles. The summed E-state index contributed by atoms with van der Waals surface area (Å²) in [4.78, 5) is 21.8. The predicted molar refractivity (Wildman–Crippen MR) is 45.1 cm³/mol. The van der Waals surface area contributed by atoms with Crippen molar-refractivity contribution >= 4 is 23.7 Å². The van der Waals surface area contributed by atoms with E-state index in [4.69, 9.17) is 0 Å². The molecule has 0 aromatic carbocycles. The van der Waals surface area contributed by atoms with Crippen molar-refractivity contribution in [1.29, 1.82) is 0 Å². The van der Waals surface area contributed by atoms with E-state index < -0.39 is 22.9 Å². The first-order chi connectivity index (χ1) is 6.11. The Morgan fingerprint density at radius 1 is 1.23 bits per heavy atom. The van der Waals surface area contributed by atoms with Crippen LogP contribution in [-0.2, 0) is 22.2 Å². The molecule has 0 N–H and O–H groups in total. The van der Waals surface area contributed by atoms with Gasteiger partial charge in [-0.1, -0.05) is 12.2 Å². The number of allylic oxidation sites excluding steroid dienone is 2. The normalized spacial score (nSPS) is 40.9. The van der Waals surface area contributed by atoms with Crippen LogP contribution in [0.1, 0.15) is 6.42 Å². The molecule has 2 aliphatic carbocycles. The standard InChI is InChI=1S/C9H10O3S/c10-8(11)6-4-1-2-5(3-4)7(6)9(12)13/h1-2,4-7H,3H2,(H,10,11)(H,12,13)/p-2/t4-,5+,6-,7+/m1/s1. The minimum atomic E-state index is -1.14. The van der Waals surface area contributed by atoms with Crippen molar-refractivity contribution in [1.82, 2.24) is 0 Å². The second-order valence-electron chi connectivity index (χ2n) is 3.64. The van der Waals surface area contributed by atoms with E-state index >= 15 is 0 Å². The second-order valence-corrected chi connectivity index (χ2v) is 4.04. The topological polar surface area (TPSA) is 57.2 Å². The Kier molecular flexibility index (Phi) is 1.87. The van der Waals surface area contributed by atoms with E-state index in [9.17, 15) is 14.7 Å². The SMILES string of the molecule is O=C([S-])[C@@H]1[C@H](C(=O)[O-])[C@@H]2C=C[C@H]1C2. The maximum absolute atomic E-state index is 11.0. The number of carbonyl (C=O) groups excluding carboxylic acids is 2. The summed E-state index contributed by atoms with van der Waals surface area (Å²) in [5.74, 6) is -2.33. The highest BCUT2D eigenvalue weighted by atomic mass is 32.1. The van der Waals surface area contributed by atoms with Crippen molar-refractivity contribution in [3.63, 3.8) is 0 Å². The molecule has 1 fully saturated rings. The van der Waals surface area contributed by atoms with Gasteiger partial charge in [-0.15, -0.1) is 0 Å². The first-order valence-electron chi connectivity index (χ1n) is 4.21. The van der Waals surface area contributed by atoms with Crippen LogP contribution in [0.3, 0.4) is 0 Å². The molecule has 70 valence electrons. The van der Waals surface area contributed by atoms with Crippen molar-refractivity contribution in [2.24, 2.45) is 23.7 Å². The summed E-state index contributed by atoms with van der Waals surface area (Å²) >= 11 is 4.54. The lowest BCUT2D eigenvalue weighted by Gasteiger charge is -2.30. The summed E-state index contributed by atoms with van der Waals surface area (Å²) in [6, 6.07) is 0. The van der Waals surface area contributed by atoms with Crippen LogP contribution in [-0.4, -0.2) is 11.1 Å². The summed E-state index contributed by atoms with van der Waals surface area (Å²) in [6.45, 7) is 0. The van der Waals surface area contributed by atoms with Crippen molar-refractivity contribution < 1.29 is 14.7 Å². The number of fused-ring (bicyclic) bond motifs is 2. The number of aliphatic carboxylic acids is 1. The molecule has 4 heteroatoms. The first kappa shape index (κ1) is 8.69. The molecule has 2 bridgehead atoms. The fourth-order valence-electron chi connectivity index (χ4n) is 2.46. The fourth-order valence-corrected chi connectivity index (χ4v) is 2.79. The smallest absolute Gasteiger partial charge is 0.0457 e. The molecule has 2 aliphatic rings. The zero-order valence-electron chi connectivity index (χ0n) is 6.80. The van der Waals surface area contributed by atoms with Gasteiger partial charge in [-0.25, -0.2) is 0 Å². The molecule has 0 aromatic heterocycles. The van der Waals surface area contributed by atoms with Crippen LogP contribution in [0.25, 0.3) is 0 Å². The van der Waals surface area contributed by atoms with Gasteiger partial charge in [0.15, 0.2) is 0 Å². The highest BCUT2D eigenvalue weighted by molar-refractivity contribution is 7.77. The molecule has 3 nitrogen and oxygen atoms in total. The van der Waals surface area contributed by atoms with Gasteiger partial charge in [0.1, 0.15) is 0 Å². The Hall–Kier alpha value is -0.900. The van der Waals surface area contributed by atoms with E-state index in [-0.39, 0.29) is 11.8 Å². The van der Waals surface area contributed by atoms with Gasteiger partial charge in [0.25, 0.3) is 0 Å². The van der Waals surface area contributed by atoms with Crippen LogP contribution in [0.4, 0.5) is 0 Å². The molecule has 13 heavy (non-hydrogen) atoms. The number of hydrogen-bond acceptors (Lipinski definition) is 4. The van der Waals surface area contributed by atoms with E-state index in [1.807, 2.05) is 12.2 Å². The molecular weight excluding hydrogens is 188 g/mol. The van der Waals surface area contributed by atoms with Crippen LogP contribution in [0.2, 0.25) is 0 Å². The number of carboxylic acids is 1. The molecule has 0 amide bonds. The van der Waals surface area contributed by atoms with Crippen LogP contribution in [0.15, 0.2) is 12.2 Å². The zero-order valence-corrected chi connectivity index (χ0v) is 7.62. The van der Waals surface area contributed by atoms with E-state index in [0.29, 0.717) is 0 Å². The third-order valence-electron chi connectivity index (χ3n) is 3.00. The van der Waals surface area contributed by atoms with Crippen LogP contribution >= 0.6 is 0 Å². The van der Waals surface area contributed by atoms with Gasteiger partial charge in [0, 0.05) is 22.9 Å². The Morgan fingerprint density at radius 2 is 1.77 bits per heavy atom. The fraction of sp³-hybridized carbons (Fsp3) is 0.556. The lowest BCUT2D eigenvalue weighted by Crippen LogP contribution is -2.40. The predicted octanol–water partition coefficient (Wildman–Crippen LogP) is -0.752. The highest BCUT2D eigenvalue weighted by Crippen LogP contribution is 2.47. The first-order valence-corrected chi connectivity index (χ1v) is 4.62. The number of carbonyl (C=O) groups is 2. The third kappa shape index (κ3) is 1.16. The Balaban J connectivity index is 2.30. The molecule has 0 heterocycles. The minimum absolute atomic E-state index is 0.0353. The van der Waals surface area contributed by atoms with Crippen molar-refractivity contribution in [2.45, 2.75) is 6.42 Å². The van der Waals surface area contributed by atoms with Gasteiger partial charge in [0.2, 0.25) is 0 Å². The van der Waals surface area contributed by atoms with E-state index in [2.05, 4.69) is 12.6 Å². The average Bonchev–Trinajstić information content (AvgIpc) is 2.60. The number of rotatable bonds is 2. The van der Waals surface area contributed by atoms with Gasteiger partial charge >= 0.3 is 0 Å². The molecule has 0 aliphatic heterocycles. The van der Waals surface area contributed by atoms with Crippen molar-refractivity contribution in [2.75, 3.05) is 0 Å². The summed E-state index contributed by atoms with van der Waals surface area (Å²) < 4.78 is 0. The number of carboxylic acid groups (broad SMARTS) is 1. The highest BCUT2D eigenvalue weighted by Gasteiger charge is 2.45. The maximum Gasteiger partial charge on any atom is 0.0457 e.